The van der Waals surface area contributed by atoms with Crippen LogP contribution in [-0.2, 0) is 17.9 Å². The molecule has 0 aliphatic heterocycles. The molecule has 0 unspecified atom stereocenters. The molecule has 0 amide bonds. The number of hydrogen-bond donors (Lipinski definition) is 1. The Morgan fingerprint density at radius 1 is 0.889 bits per heavy atom. The van der Waals surface area contributed by atoms with Crippen molar-refractivity contribution in [3.63, 3.8) is 0 Å². The van der Waals surface area contributed by atoms with E-state index in [1.165, 1.54) is 21.9 Å². The molecule has 0 aliphatic carbocycles. The zero-order valence-corrected chi connectivity index (χ0v) is 16.6. The van der Waals surface area contributed by atoms with Crippen molar-refractivity contribution in [1.29, 1.82) is 0 Å². The van der Waals surface area contributed by atoms with E-state index < -0.39 is 0 Å². The first-order chi connectivity index (χ1) is 12.9. The first-order valence-electron chi connectivity index (χ1n) is 9.34. The molecule has 0 fully saturated rings. The molecule has 0 radical (unpaired) electrons. The van der Waals surface area contributed by atoms with Gasteiger partial charge in [-0.05, 0) is 42.3 Å². The molecule has 0 aromatic heterocycles. The van der Waals surface area contributed by atoms with E-state index in [1.807, 2.05) is 25.1 Å². The zero-order chi connectivity index (χ0) is 18.0. The Bertz CT molecular complexity index is 808. The second kappa shape index (κ2) is 11.6. The van der Waals surface area contributed by atoms with Crippen LogP contribution in [0.5, 0.6) is 5.75 Å². The minimum absolute atomic E-state index is 0. The third kappa shape index (κ3) is 6.24. The van der Waals surface area contributed by atoms with E-state index in [2.05, 4.69) is 53.8 Å². The average molecular weight is 386 g/mol. The molecular formula is C23H28ClNO2. The molecule has 0 saturated heterocycles. The Balaban J connectivity index is 0.00000261. The van der Waals surface area contributed by atoms with Gasteiger partial charge in [-0.3, -0.25) is 0 Å². The van der Waals surface area contributed by atoms with Gasteiger partial charge >= 0.3 is 0 Å². The van der Waals surface area contributed by atoms with Crippen LogP contribution in [-0.4, -0.2) is 19.8 Å². The molecule has 3 nitrogen and oxygen atoms in total. The maximum atomic E-state index is 6.16. The van der Waals surface area contributed by atoms with Crippen LogP contribution in [0.15, 0.2) is 66.7 Å². The SMILES string of the molecule is CCOCCCNCc1c(OCc2ccccc2)ccc2ccccc12.Cl. The molecule has 0 bridgehead atoms. The van der Waals surface area contributed by atoms with E-state index in [0.29, 0.717) is 6.61 Å². The van der Waals surface area contributed by atoms with Crippen molar-refractivity contribution in [2.75, 3.05) is 19.8 Å². The van der Waals surface area contributed by atoms with Crippen LogP contribution in [0, 0.1) is 0 Å². The van der Waals surface area contributed by atoms with Crippen molar-refractivity contribution < 1.29 is 9.47 Å². The Morgan fingerprint density at radius 2 is 1.67 bits per heavy atom. The number of halogens is 1. The fourth-order valence-electron chi connectivity index (χ4n) is 3.03. The highest BCUT2D eigenvalue weighted by Crippen LogP contribution is 2.28. The van der Waals surface area contributed by atoms with Gasteiger partial charge in [-0.15, -0.1) is 12.4 Å². The van der Waals surface area contributed by atoms with Gasteiger partial charge in [0.05, 0.1) is 0 Å². The van der Waals surface area contributed by atoms with Gasteiger partial charge < -0.3 is 14.8 Å². The van der Waals surface area contributed by atoms with Crippen molar-refractivity contribution in [2.45, 2.75) is 26.5 Å². The van der Waals surface area contributed by atoms with Crippen LogP contribution >= 0.6 is 12.4 Å². The minimum Gasteiger partial charge on any atom is -0.489 e. The number of rotatable bonds is 10. The monoisotopic (exact) mass is 385 g/mol. The summed E-state index contributed by atoms with van der Waals surface area (Å²) < 4.78 is 11.6. The molecule has 144 valence electrons. The lowest BCUT2D eigenvalue weighted by atomic mass is 10.0. The number of fused-ring (bicyclic) bond motifs is 1. The standard InChI is InChI=1S/C23H27NO2.ClH/c1-2-25-16-8-15-24-17-22-21-12-7-6-11-20(21)13-14-23(22)26-18-19-9-4-3-5-10-19;/h3-7,9-14,24H,2,8,15-18H2,1H3;1H. The first-order valence-corrected chi connectivity index (χ1v) is 9.34. The second-order valence-electron chi connectivity index (χ2n) is 6.26. The highest BCUT2D eigenvalue weighted by Gasteiger charge is 2.09. The summed E-state index contributed by atoms with van der Waals surface area (Å²) in [4.78, 5) is 0. The molecule has 0 heterocycles. The summed E-state index contributed by atoms with van der Waals surface area (Å²) in [5, 5.41) is 6.02. The predicted octanol–water partition coefficient (Wildman–Crippen LogP) is 5.36. The van der Waals surface area contributed by atoms with Crippen LogP contribution < -0.4 is 10.1 Å². The zero-order valence-electron chi connectivity index (χ0n) is 15.8. The molecule has 0 saturated carbocycles. The second-order valence-corrected chi connectivity index (χ2v) is 6.26. The third-order valence-corrected chi connectivity index (χ3v) is 4.38. The largest absolute Gasteiger partial charge is 0.489 e. The number of benzene rings is 3. The lowest BCUT2D eigenvalue weighted by Crippen LogP contribution is -2.17. The Hall–Kier alpha value is -2.07. The lowest BCUT2D eigenvalue weighted by Gasteiger charge is -2.15. The van der Waals surface area contributed by atoms with Crippen LogP contribution in [0.25, 0.3) is 10.8 Å². The average Bonchev–Trinajstić information content (AvgIpc) is 2.70. The lowest BCUT2D eigenvalue weighted by molar-refractivity contribution is 0.144. The van der Waals surface area contributed by atoms with E-state index in [1.54, 1.807) is 0 Å². The minimum atomic E-state index is 0. The quantitative estimate of drug-likeness (QED) is 0.477. The Morgan fingerprint density at radius 3 is 2.48 bits per heavy atom. The van der Waals surface area contributed by atoms with Crippen LogP contribution in [0.3, 0.4) is 0 Å². The molecule has 0 atom stereocenters. The van der Waals surface area contributed by atoms with Crippen molar-refractivity contribution in [1.82, 2.24) is 5.32 Å². The van der Waals surface area contributed by atoms with E-state index in [-0.39, 0.29) is 12.4 Å². The summed E-state index contributed by atoms with van der Waals surface area (Å²) >= 11 is 0. The molecule has 3 aromatic carbocycles. The fourth-order valence-corrected chi connectivity index (χ4v) is 3.03. The molecule has 27 heavy (non-hydrogen) atoms. The van der Waals surface area contributed by atoms with Crippen molar-refractivity contribution >= 4 is 23.2 Å². The number of hydrogen-bond acceptors (Lipinski definition) is 3. The van der Waals surface area contributed by atoms with E-state index >= 15 is 0 Å². The summed E-state index contributed by atoms with van der Waals surface area (Å²) in [6, 6.07) is 23.0. The van der Waals surface area contributed by atoms with Gasteiger partial charge in [-0.1, -0.05) is 60.7 Å². The summed E-state index contributed by atoms with van der Waals surface area (Å²) in [5.74, 6) is 0.949. The maximum absolute atomic E-state index is 6.16. The van der Waals surface area contributed by atoms with E-state index in [4.69, 9.17) is 9.47 Å². The highest BCUT2D eigenvalue weighted by molar-refractivity contribution is 5.87. The number of nitrogens with one attached hydrogen (secondary N) is 1. The summed E-state index contributed by atoms with van der Waals surface area (Å²) in [6.45, 7) is 5.91. The van der Waals surface area contributed by atoms with Gasteiger partial charge in [0.25, 0.3) is 0 Å². The maximum Gasteiger partial charge on any atom is 0.124 e. The van der Waals surface area contributed by atoms with Gasteiger partial charge in [0.1, 0.15) is 12.4 Å². The molecule has 0 spiro atoms. The van der Waals surface area contributed by atoms with Gasteiger partial charge in [0.2, 0.25) is 0 Å². The van der Waals surface area contributed by atoms with E-state index in [9.17, 15) is 0 Å². The van der Waals surface area contributed by atoms with Crippen LogP contribution in [0.4, 0.5) is 0 Å². The molecule has 3 aromatic rings. The first kappa shape index (κ1) is 21.2. The molecular weight excluding hydrogens is 358 g/mol. The Labute approximate surface area is 168 Å². The van der Waals surface area contributed by atoms with Crippen molar-refractivity contribution in [3.05, 3.63) is 77.9 Å². The third-order valence-electron chi connectivity index (χ3n) is 4.38. The normalized spacial score (nSPS) is 10.6. The summed E-state index contributed by atoms with van der Waals surface area (Å²) in [7, 11) is 0. The van der Waals surface area contributed by atoms with Crippen molar-refractivity contribution in [3.8, 4) is 5.75 Å². The van der Waals surface area contributed by atoms with Crippen LogP contribution in [0.2, 0.25) is 0 Å². The fraction of sp³-hybridized carbons (Fsp3) is 0.304. The molecule has 4 heteroatoms. The Kier molecular flexibility index (Phi) is 9.12. The smallest absolute Gasteiger partial charge is 0.124 e. The molecule has 3 rings (SSSR count). The van der Waals surface area contributed by atoms with Crippen molar-refractivity contribution in [2.24, 2.45) is 0 Å². The summed E-state index contributed by atoms with van der Waals surface area (Å²) in [5.41, 5.74) is 2.40. The number of ether oxygens (including phenoxy) is 2. The van der Waals surface area contributed by atoms with Gasteiger partial charge in [0, 0.05) is 25.3 Å². The topological polar surface area (TPSA) is 30.5 Å². The predicted molar refractivity (Wildman–Crippen MR) is 115 cm³/mol. The van der Waals surface area contributed by atoms with Crippen LogP contribution in [0.1, 0.15) is 24.5 Å². The highest BCUT2D eigenvalue weighted by atomic mass is 35.5. The van der Waals surface area contributed by atoms with Gasteiger partial charge in [0.15, 0.2) is 0 Å². The van der Waals surface area contributed by atoms with Gasteiger partial charge in [-0.2, -0.15) is 0 Å². The van der Waals surface area contributed by atoms with Gasteiger partial charge in [-0.25, -0.2) is 0 Å². The molecule has 0 aliphatic rings. The summed E-state index contributed by atoms with van der Waals surface area (Å²) in [6.07, 6.45) is 1.01. The van der Waals surface area contributed by atoms with E-state index in [0.717, 1.165) is 38.5 Å². The molecule has 1 N–H and O–H groups in total.